The summed E-state index contributed by atoms with van der Waals surface area (Å²) in [5, 5.41) is 12.2. The second-order valence-electron chi connectivity index (χ2n) is 4.66. The molecule has 3 rings (SSSR count). The van der Waals surface area contributed by atoms with Crippen LogP contribution in [0.15, 0.2) is 18.2 Å². The van der Waals surface area contributed by atoms with Gasteiger partial charge in [-0.3, -0.25) is 0 Å². The SMILES string of the molecule is O=C(O)c1ccc2c(c1)NCC1(CC1)CO2. The van der Waals surface area contributed by atoms with Gasteiger partial charge in [-0.15, -0.1) is 0 Å². The van der Waals surface area contributed by atoms with Crippen molar-refractivity contribution in [3.8, 4) is 5.75 Å². The van der Waals surface area contributed by atoms with Crippen molar-refractivity contribution >= 4 is 11.7 Å². The van der Waals surface area contributed by atoms with Crippen molar-refractivity contribution in [3.05, 3.63) is 23.8 Å². The molecule has 0 unspecified atom stereocenters. The lowest BCUT2D eigenvalue weighted by Crippen LogP contribution is -2.18. The molecule has 1 aliphatic carbocycles. The van der Waals surface area contributed by atoms with Gasteiger partial charge in [-0.05, 0) is 31.0 Å². The van der Waals surface area contributed by atoms with Gasteiger partial charge in [0, 0.05) is 12.0 Å². The maximum Gasteiger partial charge on any atom is 0.335 e. The Labute approximate surface area is 93.2 Å². The number of benzene rings is 1. The van der Waals surface area contributed by atoms with Gasteiger partial charge in [-0.1, -0.05) is 0 Å². The topological polar surface area (TPSA) is 58.6 Å². The van der Waals surface area contributed by atoms with E-state index in [9.17, 15) is 4.79 Å². The third-order valence-electron chi connectivity index (χ3n) is 3.37. The number of fused-ring (bicyclic) bond motifs is 1. The van der Waals surface area contributed by atoms with Crippen molar-refractivity contribution in [2.24, 2.45) is 5.41 Å². The number of rotatable bonds is 1. The Morgan fingerprint density at radius 3 is 2.94 bits per heavy atom. The first-order valence-corrected chi connectivity index (χ1v) is 5.43. The second-order valence-corrected chi connectivity index (χ2v) is 4.66. The van der Waals surface area contributed by atoms with Crippen LogP contribution in [0.2, 0.25) is 0 Å². The molecule has 1 heterocycles. The highest BCUT2D eigenvalue weighted by atomic mass is 16.5. The molecule has 1 fully saturated rings. The van der Waals surface area contributed by atoms with Crippen LogP contribution >= 0.6 is 0 Å². The first kappa shape index (κ1) is 9.51. The molecule has 2 aliphatic rings. The minimum Gasteiger partial charge on any atom is -0.491 e. The number of nitrogens with one attached hydrogen (secondary N) is 1. The van der Waals surface area contributed by atoms with Crippen LogP contribution < -0.4 is 10.1 Å². The largest absolute Gasteiger partial charge is 0.491 e. The van der Waals surface area contributed by atoms with E-state index in [2.05, 4.69) is 5.32 Å². The maximum absolute atomic E-state index is 10.8. The zero-order chi connectivity index (χ0) is 11.2. The van der Waals surface area contributed by atoms with E-state index in [1.54, 1.807) is 18.2 Å². The van der Waals surface area contributed by atoms with E-state index in [0.29, 0.717) is 11.0 Å². The summed E-state index contributed by atoms with van der Waals surface area (Å²) in [7, 11) is 0. The number of hydrogen-bond donors (Lipinski definition) is 2. The van der Waals surface area contributed by atoms with Crippen molar-refractivity contribution in [2.75, 3.05) is 18.5 Å². The van der Waals surface area contributed by atoms with Crippen LogP contribution in [0.4, 0.5) is 5.69 Å². The van der Waals surface area contributed by atoms with Crippen LogP contribution in [0.5, 0.6) is 5.75 Å². The van der Waals surface area contributed by atoms with E-state index >= 15 is 0 Å². The molecule has 1 aliphatic heterocycles. The van der Waals surface area contributed by atoms with E-state index in [-0.39, 0.29) is 0 Å². The molecule has 0 aromatic heterocycles. The number of anilines is 1. The van der Waals surface area contributed by atoms with Crippen LogP contribution in [0.3, 0.4) is 0 Å². The Hall–Kier alpha value is -1.71. The highest BCUT2D eigenvalue weighted by Crippen LogP contribution is 2.48. The number of carboxylic acids is 1. The summed E-state index contributed by atoms with van der Waals surface area (Å²) in [6, 6.07) is 4.94. The molecule has 0 atom stereocenters. The van der Waals surface area contributed by atoms with Crippen LogP contribution in [0.25, 0.3) is 0 Å². The van der Waals surface area contributed by atoms with Gasteiger partial charge in [0.25, 0.3) is 0 Å². The Balaban J connectivity index is 1.92. The molecule has 4 nitrogen and oxygen atoms in total. The lowest BCUT2D eigenvalue weighted by Gasteiger charge is -2.09. The minimum absolute atomic E-state index is 0.293. The average molecular weight is 219 g/mol. The van der Waals surface area contributed by atoms with Crippen molar-refractivity contribution < 1.29 is 14.6 Å². The summed E-state index contributed by atoms with van der Waals surface area (Å²) < 4.78 is 5.71. The molecule has 84 valence electrons. The quantitative estimate of drug-likeness (QED) is 0.758. The van der Waals surface area contributed by atoms with Crippen LogP contribution in [-0.2, 0) is 0 Å². The highest BCUT2D eigenvalue weighted by molar-refractivity contribution is 5.89. The zero-order valence-electron chi connectivity index (χ0n) is 8.82. The zero-order valence-corrected chi connectivity index (χ0v) is 8.82. The molecule has 1 aromatic rings. The summed E-state index contributed by atoms with van der Waals surface area (Å²) >= 11 is 0. The van der Waals surface area contributed by atoms with Gasteiger partial charge in [0.1, 0.15) is 5.75 Å². The molecule has 0 amide bonds. The van der Waals surface area contributed by atoms with Gasteiger partial charge in [0.2, 0.25) is 0 Å². The summed E-state index contributed by atoms with van der Waals surface area (Å²) in [4.78, 5) is 10.8. The molecule has 0 radical (unpaired) electrons. The fourth-order valence-corrected chi connectivity index (χ4v) is 1.99. The number of carboxylic acid groups (broad SMARTS) is 1. The molecule has 16 heavy (non-hydrogen) atoms. The number of aromatic carboxylic acids is 1. The van der Waals surface area contributed by atoms with Crippen molar-refractivity contribution in [3.63, 3.8) is 0 Å². The molecule has 1 aromatic carbocycles. The molecule has 1 saturated carbocycles. The van der Waals surface area contributed by atoms with Crippen molar-refractivity contribution in [1.82, 2.24) is 0 Å². The standard InChI is InChI=1S/C12H13NO3/c14-11(15)8-1-2-10-9(5-8)13-6-12(3-4-12)7-16-10/h1-2,5,13H,3-4,6-7H2,(H,14,15). The predicted molar refractivity (Wildman–Crippen MR) is 59.1 cm³/mol. The molecular formula is C12H13NO3. The van der Waals surface area contributed by atoms with Crippen LogP contribution in [-0.4, -0.2) is 24.2 Å². The predicted octanol–water partition coefficient (Wildman–Crippen LogP) is 1.97. The van der Waals surface area contributed by atoms with E-state index in [0.717, 1.165) is 24.6 Å². The van der Waals surface area contributed by atoms with E-state index in [1.165, 1.54) is 12.8 Å². The highest BCUT2D eigenvalue weighted by Gasteiger charge is 2.44. The van der Waals surface area contributed by atoms with Crippen molar-refractivity contribution in [1.29, 1.82) is 0 Å². The Kier molecular flexibility index (Phi) is 1.87. The Morgan fingerprint density at radius 1 is 1.44 bits per heavy atom. The van der Waals surface area contributed by atoms with Crippen molar-refractivity contribution in [2.45, 2.75) is 12.8 Å². The second kappa shape index (κ2) is 3.14. The first-order valence-electron chi connectivity index (χ1n) is 5.43. The summed E-state index contributed by atoms with van der Waals surface area (Å²) in [5.41, 5.74) is 1.38. The van der Waals surface area contributed by atoms with E-state index < -0.39 is 5.97 Å². The van der Waals surface area contributed by atoms with Gasteiger partial charge in [-0.2, -0.15) is 0 Å². The van der Waals surface area contributed by atoms with Crippen LogP contribution in [0.1, 0.15) is 23.2 Å². The number of carbonyl (C=O) groups is 1. The summed E-state index contributed by atoms with van der Waals surface area (Å²) in [5.74, 6) is -0.149. The minimum atomic E-state index is -0.907. The average Bonchev–Trinajstić information content (AvgIpc) is 3.07. The molecule has 0 bridgehead atoms. The fourth-order valence-electron chi connectivity index (χ4n) is 1.99. The Bertz CT molecular complexity index is 452. The third kappa shape index (κ3) is 1.50. The van der Waals surface area contributed by atoms with Gasteiger partial charge in [0.15, 0.2) is 0 Å². The number of ether oxygens (including phenoxy) is 1. The van der Waals surface area contributed by atoms with Gasteiger partial charge in [0.05, 0.1) is 17.9 Å². The van der Waals surface area contributed by atoms with E-state index in [1.807, 2.05) is 0 Å². The fraction of sp³-hybridized carbons (Fsp3) is 0.417. The lowest BCUT2D eigenvalue weighted by molar-refractivity contribution is 0.0697. The maximum atomic E-state index is 10.8. The summed E-state index contributed by atoms with van der Waals surface area (Å²) in [6.45, 7) is 1.61. The third-order valence-corrected chi connectivity index (χ3v) is 3.37. The normalized spacial score (nSPS) is 20.2. The Morgan fingerprint density at radius 2 is 2.25 bits per heavy atom. The summed E-state index contributed by atoms with van der Waals surface area (Å²) in [6.07, 6.45) is 2.39. The molecule has 0 saturated heterocycles. The van der Waals surface area contributed by atoms with E-state index in [4.69, 9.17) is 9.84 Å². The lowest BCUT2D eigenvalue weighted by atomic mass is 10.1. The smallest absolute Gasteiger partial charge is 0.335 e. The molecule has 2 N–H and O–H groups in total. The van der Waals surface area contributed by atoms with Gasteiger partial charge < -0.3 is 15.2 Å². The van der Waals surface area contributed by atoms with Gasteiger partial charge >= 0.3 is 5.97 Å². The molecule has 1 spiro atoms. The molecule has 4 heteroatoms. The number of hydrogen-bond acceptors (Lipinski definition) is 3. The first-order chi connectivity index (χ1) is 7.69. The monoisotopic (exact) mass is 219 g/mol. The molecular weight excluding hydrogens is 206 g/mol. The van der Waals surface area contributed by atoms with Crippen LogP contribution in [0, 0.1) is 5.41 Å². The van der Waals surface area contributed by atoms with Gasteiger partial charge in [-0.25, -0.2) is 4.79 Å².